The highest BCUT2D eigenvalue weighted by Gasteiger charge is 2.31. The van der Waals surface area contributed by atoms with Gasteiger partial charge in [0.25, 0.3) is 0 Å². The SMILES string of the molecule is COC(=O)CCc1cccc(-n2c(C(=O)O)cc3ccc(OC(F)(F)F)cc32)n1. The Morgan fingerprint density at radius 2 is 1.93 bits per heavy atom. The van der Waals surface area contributed by atoms with Gasteiger partial charge in [0.15, 0.2) is 0 Å². The number of hydrogen-bond acceptors (Lipinski definition) is 5. The van der Waals surface area contributed by atoms with E-state index in [4.69, 9.17) is 0 Å². The van der Waals surface area contributed by atoms with Crippen molar-refractivity contribution in [1.29, 1.82) is 0 Å². The lowest BCUT2D eigenvalue weighted by Gasteiger charge is -2.11. The van der Waals surface area contributed by atoms with Gasteiger partial charge in [-0.2, -0.15) is 0 Å². The smallest absolute Gasteiger partial charge is 0.477 e. The number of carbonyl (C=O) groups is 2. The van der Waals surface area contributed by atoms with Crippen LogP contribution >= 0.6 is 0 Å². The molecule has 0 aliphatic carbocycles. The van der Waals surface area contributed by atoms with Crippen LogP contribution in [0, 0.1) is 0 Å². The number of hydrogen-bond donors (Lipinski definition) is 1. The van der Waals surface area contributed by atoms with Crippen molar-refractivity contribution in [1.82, 2.24) is 9.55 Å². The molecule has 0 aliphatic heterocycles. The Kier molecular flexibility index (Phi) is 5.44. The second kappa shape index (κ2) is 7.82. The van der Waals surface area contributed by atoms with E-state index in [1.54, 1.807) is 12.1 Å². The Morgan fingerprint density at radius 3 is 2.59 bits per heavy atom. The molecule has 0 saturated heterocycles. The maximum Gasteiger partial charge on any atom is 0.573 e. The quantitative estimate of drug-likeness (QED) is 0.625. The summed E-state index contributed by atoms with van der Waals surface area (Å²) < 4.78 is 47.4. The molecule has 0 bridgehead atoms. The molecule has 0 unspecified atom stereocenters. The second-order valence-electron chi connectivity index (χ2n) is 6.00. The fraction of sp³-hybridized carbons (Fsp3) is 0.211. The normalized spacial score (nSPS) is 11.4. The molecule has 0 amide bonds. The number of carboxylic acid groups (broad SMARTS) is 1. The lowest BCUT2D eigenvalue weighted by molar-refractivity contribution is -0.274. The summed E-state index contributed by atoms with van der Waals surface area (Å²) in [6.07, 6.45) is -4.55. The molecule has 0 aliphatic rings. The lowest BCUT2D eigenvalue weighted by atomic mass is 10.2. The fourth-order valence-corrected chi connectivity index (χ4v) is 2.85. The average Bonchev–Trinajstić information content (AvgIpc) is 3.04. The predicted molar refractivity (Wildman–Crippen MR) is 95.0 cm³/mol. The molecule has 3 aromatic rings. The number of carboxylic acids is 1. The number of nitrogens with zero attached hydrogens (tertiary/aromatic N) is 2. The molecule has 0 atom stereocenters. The van der Waals surface area contributed by atoms with Crippen molar-refractivity contribution in [2.75, 3.05) is 7.11 Å². The van der Waals surface area contributed by atoms with Gasteiger partial charge in [-0.15, -0.1) is 13.2 Å². The number of carbonyl (C=O) groups excluding carboxylic acids is 1. The largest absolute Gasteiger partial charge is 0.573 e. The summed E-state index contributed by atoms with van der Waals surface area (Å²) in [6.45, 7) is 0. The Bertz CT molecular complexity index is 1080. The van der Waals surface area contributed by atoms with Crippen LogP contribution in [0.1, 0.15) is 22.6 Å². The highest BCUT2D eigenvalue weighted by Crippen LogP contribution is 2.30. The number of benzene rings is 1. The Morgan fingerprint density at radius 1 is 1.17 bits per heavy atom. The van der Waals surface area contributed by atoms with Gasteiger partial charge in [-0.3, -0.25) is 9.36 Å². The monoisotopic (exact) mass is 408 g/mol. The molecule has 7 nitrogen and oxygen atoms in total. The third-order valence-corrected chi connectivity index (χ3v) is 4.06. The third-order valence-electron chi connectivity index (χ3n) is 4.06. The number of halogens is 3. The van der Waals surface area contributed by atoms with Crippen molar-refractivity contribution in [2.45, 2.75) is 19.2 Å². The molecule has 2 heterocycles. The van der Waals surface area contributed by atoms with E-state index in [-0.39, 0.29) is 29.9 Å². The number of aromatic nitrogens is 2. The second-order valence-corrected chi connectivity index (χ2v) is 6.00. The lowest BCUT2D eigenvalue weighted by Crippen LogP contribution is -2.17. The van der Waals surface area contributed by atoms with Crippen LogP contribution in [0.15, 0.2) is 42.5 Å². The third kappa shape index (κ3) is 4.65. The molecule has 1 aromatic carbocycles. The van der Waals surface area contributed by atoms with Gasteiger partial charge >= 0.3 is 18.3 Å². The Hall–Kier alpha value is -3.56. The van der Waals surface area contributed by atoms with E-state index in [0.29, 0.717) is 11.1 Å². The van der Waals surface area contributed by atoms with Crippen LogP contribution in [0.2, 0.25) is 0 Å². The minimum Gasteiger partial charge on any atom is -0.477 e. The molecule has 0 radical (unpaired) electrons. The van der Waals surface area contributed by atoms with E-state index < -0.39 is 24.1 Å². The summed E-state index contributed by atoms with van der Waals surface area (Å²) in [6, 6.07) is 9.65. The summed E-state index contributed by atoms with van der Waals surface area (Å²) >= 11 is 0. The van der Waals surface area contributed by atoms with Crippen molar-refractivity contribution >= 4 is 22.8 Å². The first kappa shape index (κ1) is 20.2. The Labute approximate surface area is 162 Å². The minimum atomic E-state index is -4.88. The maximum atomic E-state index is 12.6. The summed E-state index contributed by atoms with van der Waals surface area (Å²) in [5.74, 6) is -2.00. The van der Waals surface area contributed by atoms with Crippen LogP contribution in [0.4, 0.5) is 13.2 Å². The number of ether oxygens (including phenoxy) is 2. The average molecular weight is 408 g/mol. The zero-order valence-electron chi connectivity index (χ0n) is 15.1. The zero-order valence-corrected chi connectivity index (χ0v) is 15.1. The molecular weight excluding hydrogens is 393 g/mol. The van der Waals surface area contributed by atoms with E-state index in [2.05, 4.69) is 14.5 Å². The number of methoxy groups -OCH3 is 1. The van der Waals surface area contributed by atoms with Crippen molar-refractivity contribution in [3.63, 3.8) is 0 Å². The number of rotatable bonds is 6. The van der Waals surface area contributed by atoms with Crippen LogP contribution in [-0.4, -0.2) is 40.1 Å². The van der Waals surface area contributed by atoms with E-state index >= 15 is 0 Å². The maximum absolute atomic E-state index is 12.6. The standard InChI is InChI=1S/C19H15F3N2O5/c1-28-17(25)8-6-12-3-2-4-16(23-12)24-14-10-13(29-19(20,21)22)7-5-11(14)9-15(24)18(26)27/h2-5,7,9-10H,6,8H2,1H3,(H,26,27). The summed E-state index contributed by atoms with van der Waals surface area (Å²) in [5, 5.41) is 9.94. The molecule has 0 fully saturated rings. The molecule has 2 aromatic heterocycles. The molecule has 10 heteroatoms. The zero-order chi connectivity index (χ0) is 21.2. The van der Waals surface area contributed by atoms with E-state index in [0.717, 1.165) is 12.1 Å². The van der Waals surface area contributed by atoms with E-state index in [9.17, 15) is 27.9 Å². The number of aryl methyl sites for hydroxylation is 1. The number of aromatic carboxylic acids is 1. The first-order valence-corrected chi connectivity index (χ1v) is 8.35. The highest BCUT2D eigenvalue weighted by molar-refractivity contribution is 5.96. The van der Waals surface area contributed by atoms with Gasteiger partial charge in [0.2, 0.25) is 0 Å². The number of esters is 1. The predicted octanol–water partition coefficient (Wildman–Crippen LogP) is 3.73. The van der Waals surface area contributed by atoms with Crippen LogP contribution in [0.25, 0.3) is 16.7 Å². The van der Waals surface area contributed by atoms with Gasteiger partial charge in [-0.25, -0.2) is 9.78 Å². The highest BCUT2D eigenvalue weighted by atomic mass is 19.4. The van der Waals surface area contributed by atoms with Gasteiger partial charge in [0.1, 0.15) is 17.3 Å². The first-order valence-electron chi connectivity index (χ1n) is 8.35. The van der Waals surface area contributed by atoms with Crippen LogP contribution in [0.5, 0.6) is 5.75 Å². The van der Waals surface area contributed by atoms with E-state index in [1.165, 1.54) is 29.9 Å². The summed E-state index contributed by atoms with van der Waals surface area (Å²) in [7, 11) is 1.26. The molecule has 1 N–H and O–H groups in total. The van der Waals surface area contributed by atoms with Gasteiger partial charge in [-0.05, 0) is 30.3 Å². The molecule has 3 rings (SSSR count). The van der Waals surface area contributed by atoms with Crippen molar-refractivity contribution < 1.29 is 37.3 Å². The molecule has 0 spiro atoms. The Balaban J connectivity index is 2.09. The van der Waals surface area contributed by atoms with Gasteiger partial charge in [-0.1, -0.05) is 6.07 Å². The number of pyridine rings is 1. The van der Waals surface area contributed by atoms with Crippen molar-refractivity contribution in [3.05, 3.63) is 53.9 Å². The molecule has 0 saturated carbocycles. The van der Waals surface area contributed by atoms with E-state index in [1.807, 2.05) is 0 Å². The van der Waals surface area contributed by atoms with Gasteiger partial charge < -0.3 is 14.6 Å². The van der Waals surface area contributed by atoms with Crippen LogP contribution in [0.3, 0.4) is 0 Å². The van der Waals surface area contributed by atoms with Crippen LogP contribution < -0.4 is 4.74 Å². The number of alkyl halides is 3. The van der Waals surface area contributed by atoms with Gasteiger partial charge in [0, 0.05) is 23.6 Å². The van der Waals surface area contributed by atoms with Crippen molar-refractivity contribution in [3.8, 4) is 11.6 Å². The van der Waals surface area contributed by atoms with Crippen molar-refractivity contribution in [2.24, 2.45) is 0 Å². The fourth-order valence-electron chi connectivity index (χ4n) is 2.85. The number of fused-ring (bicyclic) bond motifs is 1. The minimum absolute atomic E-state index is 0.0781. The topological polar surface area (TPSA) is 90.7 Å². The first-order chi connectivity index (χ1) is 13.7. The molecular formula is C19H15F3N2O5. The van der Waals surface area contributed by atoms with Crippen LogP contribution in [-0.2, 0) is 16.0 Å². The van der Waals surface area contributed by atoms with Gasteiger partial charge in [0.05, 0.1) is 19.0 Å². The molecule has 29 heavy (non-hydrogen) atoms. The summed E-state index contributed by atoms with van der Waals surface area (Å²) in [5.41, 5.74) is 0.498. The molecule has 152 valence electrons. The summed E-state index contributed by atoms with van der Waals surface area (Å²) in [4.78, 5) is 27.4.